The summed E-state index contributed by atoms with van der Waals surface area (Å²) in [6, 6.07) is 8.45. The lowest BCUT2D eigenvalue weighted by atomic mass is 10.1. The van der Waals surface area contributed by atoms with E-state index in [2.05, 4.69) is 63.2 Å². The lowest BCUT2D eigenvalue weighted by Crippen LogP contribution is -2.46. The Morgan fingerprint density at radius 2 is 1.84 bits per heavy atom. The maximum atomic E-state index is 12.9. The number of nitrogens with one attached hydrogen (secondary N) is 1. The van der Waals surface area contributed by atoms with Gasteiger partial charge in [0.05, 0.1) is 10.3 Å². The number of nitrogens with zero attached hydrogens (tertiary/aromatic N) is 4. The lowest BCUT2D eigenvalue weighted by Gasteiger charge is -2.35. The summed E-state index contributed by atoms with van der Waals surface area (Å²) >= 11 is 1.47. The summed E-state index contributed by atoms with van der Waals surface area (Å²) in [5.74, 6) is 0.944. The minimum absolute atomic E-state index is 0.0219. The molecule has 1 fully saturated rings. The second-order valence-electron chi connectivity index (χ2n) is 8.25. The number of hydrogen-bond donors (Lipinski definition) is 1. The van der Waals surface area contributed by atoms with Crippen molar-refractivity contribution in [3.05, 3.63) is 52.2 Å². The van der Waals surface area contributed by atoms with Gasteiger partial charge in [-0.25, -0.2) is 9.97 Å². The molecule has 7 heteroatoms. The Morgan fingerprint density at radius 1 is 1.10 bits per heavy atom. The summed E-state index contributed by atoms with van der Waals surface area (Å²) in [5.41, 5.74) is 3.46. The van der Waals surface area contributed by atoms with Gasteiger partial charge in [0.1, 0.15) is 17.0 Å². The number of carbonyl (C=O) groups is 1. The molecular formula is C24H31N5OS. The maximum absolute atomic E-state index is 12.9. The van der Waals surface area contributed by atoms with Crippen molar-refractivity contribution < 1.29 is 4.79 Å². The van der Waals surface area contributed by atoms with E-state index in [1.165, 1.54) is 28.9 Å². The molecule has 31 heavy (non-hydrogen) atoms. The van der Waals surface area contributed by atoms with Crippen molar-refractivity contribution in [1.82, 2.24) is 20.2 Å². The van der Waals surface area contributed by atoms with Crippen molar-refractivity contribution in [2.24, 2.45) is 0 Å². The molecule has 1 N–H and O–H groups in total. The predicted molar refractivity (Wildman–Crippen MR) is 128 cm³/mol. The van der Waals surface area contributed by atoms with Crippen molar-refractivity contribution in [3.63, 3.8) is 0 Å². The van der Waals surface area contributed by atoms with Crippen LogP contribution in [0.5, 0.6) is 0 Å². The standard InChI is InChI=1S/C24H31N5OS/c1-4-11-28-12-14-29(15-13-28)22-20-18(3)21(31-24(20)27-16-26-22)23(30)25-10-9-19-7-5-17(2)6-8-19/h5-8,16H,4,9-15H2,1-3H3,(H,25,30). The quantitative estimate of drug-likeness (QED) is 0.609. The number of aryl methyl sites for hydroxylation is 2. The smallest absolute Gasteiger partial charge is 0.261 e. The molecule has 3 aromatic rings. The van der Waals surface area contributed by atoms with Crippen LogP contribution < -0.4 is 10.2 Å². The van der Waals surface area contributed by atoms with Crippen LogP contribution in [0.3, 0.4) is 0 Å². The van der Waals surface area contributed by atoms with Crippen LogP contribution in [0.1, 0.15) is 39.7 Å². The van der Waals surface area contributed by atoms with Crippen LogP contribution >= 0.6 is 11.3 Å². The SMILES string of the molecule is CCCN1CCN(c2ncnc3sc(C(=O)NCCc4ccc(C)cc4)c(C)c23)CC1. The van der Waals surface area contributed by atoms with Crippen LogP contribution in [0.15, 0.2) is 30.6 Å². The monoisotopic (exact) mass is 437 g/mol. The zero-order chi connectivity index (χ0) is 21.8. The fourth-order valence-electron chi connectivity index (χ4n) is 4.16. The van der Waals surface area contributed by atoms with E-state index in [1.54, 1.807) is 6.33 Å². The summed E-state index contributed by atoms with van der Waals surface area (Å²) in [6.45, 7) is 12.1. The van der Waals surface area contributed by atoms with Crippen LogP contribution in [-0.4, -0.2) is 60.0 Å². The van der Waals surface area contributed by atoms with Gasteiger partial charge in [-0.1, -0.05) is 36.8 Å². The first kappa shape index (κ1) is 21.7. The Balaban J connectivity index is 1.47. The third-order valence-corrected chi connectivity index (χ3v) is 7.14. The average molecular weight is 438 g/mol. The summed E-state index contributed by atoms with van der Waals surface area (Å²) in [5, 5.41) is 4.11. The zero-order valence-electron chi connectivity index (χ0n) is 18.6. The fraction of sp³-hybridized carbons (Fsp3) is 0.458. The molecule has 1 aromatic carbocycles. The highest BCUT2D eigenvalue weighted by Gasteiger charge is 2.24. The molecule has 0 atom stereocenters. The number of piperazine rings is 1. The molecular weight excluding hydrogens is 406 g/mol. The second kappa shape index (κ2) is 9.75. The number of hydrogen-bond acceptors (Lipinski definition) is 6. The lowest BCUT2D eigenvalue weighted by molar-refractivity contribution is 0.0957. The van der Waals surface area contributed by atoms with E-state index in [0.29, 0.717) is 6.54 Å². The van der Waals surface area contributed by atoms with Crippen molar-refractivity contribution in [3.8, 4) is 0 Å². The van der Waals surface area contributed by atoms with Gasteiger partial charge >= 0.3 is 0 Å². The number of fused-ring (bicyclic) bond motifs is 1. The Labute approximate surface area is 188 Å². The second-order valence-corrected chi connectivity index (χ2v) is 9.25. The number of amides is 1. The van der Waals surface area contributed by atoms with E-state index in [4.69, 9.17) is 0 Å². The summed E-state index contributed by atoms with van der Waals surface area (Å²) < 4.78 is 0. The highest BCUT2D eigenvalue weighted by molar-refractivity contribution is 7.20. The van der Waals surface area contributed by atoms with Crippen LogP contribution in [0.4, 0.5) is 5.82 Å². The van der Waals surface area contributed by atoms with E-state index in [0.717, 1.165) is 65.6 Å². The molecule has 0 unspecified atom stereocenters. The van der Waals surface area contributed by atoms with Gasteiger partial charge < -0.3 is 10.2 Å². The molecule has 6 nitrogen and oxygen atoms in total. The van der Waals surface area contributed by atoms with E-state index in [-0.39, 0.29) is 5.91 Å². The molecule has 0 bridgehead atoms. The molecule has 0 radical (unpaired) electrons. The van der Waals surface area contributed by atoms with Crippen LogP contribution in [-0.2, 0) is 6.42 Å². The molecule has 3 heterocycles. The molecule has 1 amide bonds. The third-order valence-electron chi connectivity index (χ3n) is 5.94. The van der Waals surface area contributed by atoms with Crippen LogP contribution in [0, 0.1) is 13.8 Å². The molecule has 164 valence electrons. The summed E-state index contributed by atoms with van der Waals surface area (Å²) in [7, 11) is 0. The minimum atomic E-state index is -0.0219. The average Bonchev–Trinajstić information content (AvgIpc) is 3.13. The molecule has 0 aliphatic carbocycles. The van der Waals surface area contributed by atoms with Gasteiger partial charge in [0.25, 0.3) is 5.91 Å². The molecule has 1 saturated heterocycles. The van der Waals surface area contributed by atoms with Gasteiger partial charge in [0, 0.05) is 32.7 Å². The molecule has 0 spiro atoms. The first-order chi connectivity index (χ1) is 15.1. The maximum Gasteiger partial charge on any atom is 0.261 e. The topological polar surface area (TPSA) is 61.4 Å². The van der Waals surface area contributed by atoms with Gasteiger partial charge in [0.15, 0.2) is 0 Å². The highest BCUT2D eigenvalue weighted by Crippen LogP contribution is 2.35. The van der Waals surface area contributed by atoms with Crippen molar-refractivity contribution in [2.45, 2.75) is 33.6 Å². The summed E-state index contributed by atoms with van der Waals surface area (Å²) in [6.07, 6.45) is 3.64. The number of thiophene rings is 1. The number of anilines is 1. The number of aromatic nitrogens is 2. The first-order valence-electron chi connectivity index (χ1n) is 11.1. The Kier molecular flexibility index (Phi) is 6.83. The largest absolute Gasteiger partial charge is 0.353 e. The van der Waals surface area contributed by atoms with Gasteiger partial charge in [-0.2, -0.15) is 0 Å². The van der Waals surface area contributed by atoms with Gasteiger partial charge in [-0.05, 0) is 44.4 Å². The molecule has 1 aliphatic rings. The van der Waals surface area contributed by atoms with E-state index >= 15 is 0 Å². The third kappa shape index (κ3) is 4.88. The normalized spacial score (nSPS) is 14.9. The van der Waals surface area contributed by atoms with Crippen molar-refractivity contribution in [2.75, 3.05) is 44.2 Å². The number of rotatable bonds is 7. The van der Waals surface area contributed by atoms with E-state index in [9.17, 15) is 4.79 Å². The molecule has 4 rings (SSSR count). The first-order valence-corrected chi connectivity index (χ1v) is 11.9. The molecule has 0 saturated carbocycles. The molecule has 1 aliphatic heterocycles. The van der Waals surface area contributed by atoms with E-state index < -0.39 is 0 Å². The van der Waals surface area contributed by atoms with Crippen LogP contribution in [0.25, 0.3) is 10.2 Å². The van der Waals surface area contributed by atoms with Gasteiger partial charge in [-0.3, -0.25) is 9.69 Å². The summed E-state index contributed by atoms with van der Waals surface area (Å²) in [4.78, 5) is 28.5. The predicted octanol–water partition coefficient (Wildman–Crippen LogP) is 3.81. The van der Waals surface area contributed by atoms with Crippen molar-refractivity contribution in [1.29, 1.82) is 0 Å². The highest BCUT2D eigenvalue weighted by atomic mass is 32.1. The Bertz CT molecular complexity index is 1040. The Hall–Kier alpha value is -2.51. The van der Waals surface area contributed by atoms with Gasteiger partial charge in [0.2, 0.25) is 0 Å². The minimum Gasteiger partial charge on any atom is -0.353 e. The fourth-order valence-corrected chi connectivity index (χ4v) is 5.22. The number of benzene rings is 1. The number of carbonyl (C=O) groups excluding carboxylic acids is 1. The molecule has 2 aromatic heterocycles. The Morgan fingerprint density at radius 3 is 2.55 bits per heavy atom. The zero-order valence-corrected chi connectivity index (χ0v) is 19.5. The van der Waals surface area contributed by atoms with E-state index in [1.807, 2.05) is 6.92 Å². The van der Waals surface area contributed by atoms with Crippen molar-refractivity contribution >= 4 is 33.3 Å². The van der Waals surface area contributed by atoms with Crippen LogP contribution in [0.2, 0.25) is 0 Å². The van der Waals surface area contributed by atoms with Gasteiger partial charge in [-0.15, -0.1) is 11.3 Å².